The molecule has 118 valence electrons. The molecule has 0 fully saturated rings. The molecule has 2 N–H and O–H groups in total. The number of aliphatic hydroxyl groups excluding tert-OH is 1. The van der Waals surface area contributed by atoms with E-state index in [0.29, 0.717) is 6.04 Å². The van der Waals surface area contributed by atoms with Crippen LogP contribution in [0.15, 0.2) is 54.6 Å². The van der Waals surface area contributed by atoms with Crippen molar-refractivity contribution in [2.45, 2.75) is 45.2 Å². The smallest absolute Gasteiger partial charge is 0.0626 e. The van der Waals surface area contributed by atoms with E-state index >= 15 is 0 Å². The van der Waals surface area contributed by atoms with Gasteiger partial charge >= 0.3 is 0 Å². The van der Waals surface area contributed by atoms with E-state index in [-0.39, 0.29) is 12.6 Å². The molecule has 0 aromatic heterocycles. The zero-order valence-electron chi connectivity index (χ0n) is 13.6. The van der Waals surface area contributed by atoms with Gasteiger partial charge in [0.05, 0.1) is 12.6 Å². The minimum absolute atomic E-state index is 0.00681. The van der Waals surface area contributed by atoms with Gasteiger partial charge in [0.2, 0.25) is 0 Å². The molecule has 0 amide bonds. The van der Waals surface area contributed by atoms with Crippen LogP contribution >= 0.6 is 0 Å². The largest absolute Gasteiger partial charge is 0.394 e. The van der Waals surface area contributed by atoms with Crippen molar-refractivity contribution in [2.75, 3.05) is 6.61 Å². The van der Waals surface area contributed by atoms with Crippen molar-refractivity contribution in [1.82, 2.24) is 5.32 Å². The minimum Gasteiger partial charge on any atom is -0.394 e. The van der Waals surface area contributed by atoms with Gasteiger partial charge < -0.3 is 10.4 Å². The maximum Gasteiger partial charge on any atom is 0.0626 e. The highest BCUT2D eigenvalue weighted by atomic mass is 16.3. The van der Waals surface area contributed by atoms with Gasteiger partial charge in [0.1, 0.15) is 0 Å². The first-order chi connectivity index (χ1) is 10.9. The third-order valence-electron chi connectivity index (χ3n) is 4.16. The molecule has 0 aliphatic heterocycles. The molecule has 2 heteroatoms. The SMILES string of the molecule is CC.OC[C@@H](N[C@@H]1CCCc2ccccc21)c1ccccc1. The lowest BCUT2D eigenvalue weighted by Gasteiger charge is -2.30. The molecule has 0 spiro atoms. The number of benzene rings is 2. The predicted octanol–water partition coefficient (Wildman–Crippen LogP) is 4.41. The molecule has 1 aliphatic rings. The van der Waals surface area contributed by atoms with Crippen LogP contribution in [0.2, 0.25) is 0 Å². The van der Waals surface area contributed by atoms with E-state index in [9.17, 15) is 5.11 Å². The van der Waals surface area contributed by atoms with Crippen molar-refractivity contribution in [1.29, 1.82) is 0 Å². The van der Waals surface area contributed by atoms with E-state index in [1.54, 1.807) is 0 Å². The van der Waals surface area contributed by atoms with Crippen molar-refractivity contribution >= 4 is 0 Å². The Labute approximate surface area is 134 Å². The average Bonchev–Trinajstić information content (AvgIpc) is 2.62. The lowest BCUT2D eigenvalue weighted by Crippen LogP contribution is -2.31. The van der Waals surface area contributed by atoms with Gasteiger partial charge in [0.25, 0.3) is 0 Å². The van der Waals surface area contributed by atoms with Gasteiger partial charge in [-0.15, -0.1) is 0 Å². The lowest BCUT2D eigenvalue weighted by molar-refractivity contribution is 0.228. The maximum atomic E-state index is 9.70. The Bertz CT molecular complexity index is 553. The maximum absolute atomic E-state index is 9.70. The van der Waals surface area contributed by atoms with Crippen LogP contribution in [0.4, 0.5) is 0 Å². The molecule has 0 radical (unpaired) electrons. The highest BCUT2D eigenvalue weighted by Crippen LogP contribution is 2.31. The standard InChI is InChI=1S/C18H21NO.C2H6/c20-13-18(15-8-2-1-3-9-15)19-17-12-6-10-14-7-4-5-11-16(14)17;1-2/h1-5,7-9,11,17-20H,6,10,12-13H2;1-2H3/t17-,18-;/m1./s1. The Balaban J connectivity index is 0.000000847. The summed E-state index contributed by atoms with van der Waals surface area (Å²) in [6.45, 7) is 4.13. The van der Waals surface area contributed by atoms with Gasteiger partial charge in [-0.2, -0.15) is 0 Å². The van der Waals surface area contributed by atoms with Crippen molar-refractivity contribution in [3.8, 4) is 0 Å². The first kappa shape index (κ1) is 16.7. The fourth-order valence-electron chi connectivity index (χ4n) is 3.11. The molecule has 1 aliphatic carbocycles. The van der Waals surface area contributed by atoms with E-state index in [4.69, 9.17) is 0 Å². The summed E-state index contributed by atoms with van der Waals surface area (Å²) >= 11 is 0. The van der Waals surface area contributed by atoms with Crippen LogP contribution in [0.1, 0.15) is 55.5 Å². The summed E-state index contributed by atoms with van der Waals surface area (Å²) in [5.74, 6) is 0. The average molecular weight is 297 g/mol. The quantitative estimate of drug-likeness (QED) is 0.876. The van der Waals surface area contributed by atoms with E-state index in [0.717, 1.165) is 12.0 Å². The van der Waals surface area contributed by atoms with E-state index in [1.165, 1.54) is 24.0 Å². The van der Waals surface area contributed by atoms with Crippen LogP contribution in [0.5, 0.6) is 0 Å². The summed E-state index contributed by atoms with van der Waals surface area (Å²) in [4.78, 5) is 0. The highest BCUT2D eigenvalue weighted by Gasteiger charge is 2.22. The normalized spacial score (nSPS) is 17.9. The Morgan fingerprint density at radius 3 is 2.45 bits per heavy atom. The second-order valence-corrected chi connectivity index (χ2v) is 5.46. The monoisotopic (exact) mass is 297 g/mol. The molecule has 0 unspecified atom stereocenters. The number of fused-ring (bicyclic) bond motifs is 1. The fraction of sp³-hybridized carbons (Fsp3) is 0.400. The lowest BCUT2D eigenvalue weighted by atomic mass is 9.87. The number of hydrogen-bond donors (Lipinski definition) is 2. The topological polar surface area (TPSA) is 32.3 Å². The van der Waals surface area contributed by atoms with Crippen LogP contribution in [0.25, 0.3) is 0 Å². The Morgan fingerprint density at radius 1 is 1.05 bits per heavy atom. The number of aliphatic hydroxyl groups is 1. The fourth-order valence-corrected chi connectivity index (χ4v) is 3.11. The number of rotatable bonds is 4. The van der Waals surface area contributed by atoms with Crippen molar-refractivity contribution < 1.29 is 5.11 Å². The molecule has 2 aromatic rings. The molecule has 2 atom stereocenters. The first-order valence-corrected chi connectivity index (χ1v) is 8.38. The van der Waals surface area contributed by atoms with E-state index in [1.807, 2.05) is 32.0 Å². The van der Waals surface area contributed by atoms with Gasteiger partial charge in [0, 0.05) is 6.04 Å². The van der Waals surface area contributed by atoms with Crippen molar-refractivity contribution in [3.05, 3.63) is 71.3 Å². The Kier molecular flexibility index (Phi) is 6.63. The summed E-state index contributed by atoms with van der Waals surface area (Å²) in [6, 6.07) is 19.2. The molecule has 22 heavy (non-hydrogen) atoms. The molecular weight excluding hydrogens is 270 g/mol. The van der Waals surface area contributed by atoms with E-state index < -0.39 is 0 Å². The van der Waals surface area contributed by atoms with Gasteiger partial charge in [-0.05, 0) is 36.0 Å². The van der Waals surface area contributed by atoms with Crippen LogP contribution in [0.3, 0.4) is 0 Å². The third-order valence-corrected chi connectivity index (χ3v) is 4.16. The molecular formula is C20H27NO. The number of nitrogens with one attached hydrogen (secondary N) is 1. The van der Waals surface area contributed by atoms with Gasteiger partial charge in [-0.3, -0.25) is 0 Å². The highest BCUT2D eigenvalue weighted by molar-refractivity contribution is 5.32. The van der Waals surface area contributed by atoms with Crippen LogP contribution < -0.4 is 5.32 Å². The molecule has 0 heterocycles. The summed E-state index contributed by atoms with van der Waals surface area (Å²) < 4.78 is 0. The molecule has 2 aromatic carbocycles. The zero-order valence-corrected chi connectivity index (χ0v) is 13.6. The molecule has 0 saturated carbocycles. The Morgan fingerprint density at radius 2 is 1.73 bits per heavy atom. The van der Waals surface area contributed by atoms with Gasteiger partial charge in [0.15, 0.2) is 0 Å². The van der Waals surface area contributed by atoms with Gasteiger partial charge in [-0.25, -0.2) is 0 Å². The second kappa shape index (κ2) is 8.72. The predicted molar refractivity (Wildman–Crippen MR) is 92.9 cm³/mol. The molecule has 3 rings (SSSR count). The van der Waals surface area contributed by atoms with Crippen LogP contribution in [-0.4, -0.2) is 11.7 Å². The first-order valence-electron chi connectivity index (χ1n) is 8.38. The summed E-state index contributed by atoms with van der Waals surface area (Å²) in [6.07, 6.45) is 3.52. The van der Waals surface area contributed by atoms with Crippen LogP contribution in [0, 0.1) is 0 Å². The summed E-state index contributed by atoms with van der Waals surface area (Å²) in [5, 5.41) is 13.3. The summed E-state index contributed by atoms with van der Waals surface area (Å²) in [7, 11) is 0. The van der Waals surface area contributed by atoms with Crippen LogP contribution in [-0.2, 0) is 6.42 Å². The zero-order chi connectivity index (χ0) is 15.8. The van der Waals surface area contributed by atoms with E-state index in [2.05, 4.69) is 41.7 Å². The molecule has 0 bridgehead atoms. The minimum atomic E-state index is 0.00681. The Hall–Kier alpha value is -1.64. The second-order valence-electron chi connectivity index (χ2n) is 5.46. The number of aryl methyl sites for hydroxylation is 1. The van der Waals surface area contributed by atoms with Gasteiger partial charge in [-0.1, -0.05) is 68.4 Å². The molecule has 2 nitrogen and oxygen atoms in total. The summed E-state index contributed by atoms with van der Waals surface area (Å²) in [5.41, 5.74) is 3.99. The third kappa shape index (κ3) is 3.96. The van der Waals surface area contributed by atoms with Crippen molar-refractivity contribution in [3.63, 3.8) is 0 Å². The molecule has 0 saturated heterocycles. The number of hydrogen-bond acceptors (Lipinski definition) is 2. The van der Waals surface area contributed by atoms with Crippen molar-refractivity contribution in [2.24, 2.45) is 0 Å².